The lowest BCUT2D eigenvalue weighted by molar-refractivity contribution is 0.0647. The molecule has 0 aliphatic rings. The van der Waals surface area contributed by atoms with E-state index < -0.39 is 0 Å². The number of aryl methyl sites for hydroxylation is 2. The number of aromatic nitrogens is 2. The van der Waals surface area contributed by atoms with Crippen molar-refractivity contribution in [2.24, 2.45) is 5.84 Å². The summed E-state index contributed by atoms with van der Waals surface area (Å²) in [5, 5.41) is 5.13. The summed E-state index contributed by atoms with van der Waals surface area (Å²) in [4.78, 5) is 0. The fraction of sp³-hybridized carbons (Fsp3) is 0.750. The molecule has 1 aromatic heterocycles. The molecule has 0 saturated carbocycles. The Labute approximate surface area is 114 Å². The second-order valence-electron chi connectivity index (χ2n) is 4.32. The standard InChI is InChI=1S/C12H23ClN4O/c1-5-11(18-4)9(15-14)7-10-12(13)8(3)16-17(10)6-2/h9,11,15H,5-7,14H2,1-4H3. The number of nitrogens with two attached hydrogens (primary N) is 1. The van der Waals surface area contributed by atoms with Crippen molar-refractivity contribution in [3.05, 3.63) is 16.4 Å². The van der Waals surface area contributed by atoms with Gasteiger partial charge in [0, 0.05) is 20.1 Å². The van der Waals surface area contributed by atoms with Gasteiger partial charge in [0.05, 0.1) is 28.6 Å². The zero-order valence-electron chi connectivity index (χ0n) is 11.5. The summed E-state index contributed by atoms with van der Waals surface area (Å²) >= 11 is 6.29. The molecule has 3 N–H and O–H groups in total. The zero-order valence-corrected chi connectivity index (χ0v) is 12.3. The van der Waals surface area contributed by atoms with Crippen LogP contribution in [0.1, 0.15) is 31.7 Å². The van der Waals surface area contributed by atoms with Crippen LogP contribution in [0.3, 0.4) is 0 Å². The number of hydrogen-bond donors (Lipinski definition) is 2. The van der Waals surface area contributed by atoms with E-state index in [2.05, 4.69) is 17.4 Å². The van der Waals surface area contributed by atoms with E-state index in [1.165, 1.54) is 0 Å². The van der Waals surface area contributed by atoms with Crippen LogP contribution in [0.4, 0.5) is 0 Å². The van der Waals surface area contributed by atoms with E-state index in [0.717, 1.165) is 29.4 Å². The van der Waals surface area contributed by atoms with Gasteiger partial charge in [-0.3, -0.25) is 16.0 Å². The molecule has 2 unspecified atom stereocenters. The van der Waals surface area contributed by atoms with Crippen molar-refractivity contribution in [2.45, 2.75) is 52.3 Å². The molecule has 6 heteroatoms. The molecule has 0 spiro atoms. The Bertz CT molecular complexity index is 376. The van der Waals surface area contributed by atoms with E-state index in [-0.39, 0.29) is 12.1 Å². The van der Waals surface area contributed by atoms with E-state index in [1.807, 2.05) is 18.5 Å². The van der Waals surface area contributed by atoms with Crippen LogP contribution in [0.15, 0.2) is 0 Å². The monoisotopic (exact) mass is 274 g/mol. The molecule has 0 bridgehead atoms. The molecule has 0 aromatic carbocycles. The summed E-state index contributed by atoms with van der Waals surface area (Å²) in [5.41, 5.74) is 4.68. The molecule has 0 amide bonds. The topological polar surface area (TPSA) is 65.1 Å². The molecule has 2 atom stereocenters. The Kier molecular flexibility index (Phi) is 6.08. The fourth-order valence-corrected chi connectivity index (χ4v) is 2.40. The average molecular weight is 275 g/mol. The highest BCUT2D eigenvalue weighted by atomic mass is 35.5. The number of methoxy groups -OCH3 is 1. The fourth-order valence-electron chi connectivity index (χ4n) is 2.19. The maximum Gasteiger partial charge on any atom is 0.0847 e. The second-order valence-corrected chi connectivity index (χ2v) is 4.70. The highest BCUT2D eigenvalue weighted by Gasteiger charge is 2.23. The predicted octanol–water partition coefficient (Wildman–Crippen LogP) is 1.66. The Morgan fingerprint density at radius 1 is 1.50 bits per heavy atom. The molecular formula is C12H23ClN4O. The van der Waals surface area contributed by atoms with Gasteiger partial charge >= 0.3 is 0 Å². The molecule has 0 radical (unpaired) electrons. The first kappa shape index (κ1) is 15.4. The largest absolute Gasteiger partial charge is 0.380 e. The van der Waals surface area contributed by atoms with E-state index >= 15 is 0 Å². The molecule has 104 valence electrons. The van der Waals surface area contributed by atoms with Gasteiger partial charge in [-0.2, -0.15) is 5.10 Å². The van der Waals surface area contributed by atoms with Crippen LogP contribution in [0, 0.1) is 6.92 Å². The van der Waals surface area contributed by atoms with Crippen LogP contribution >= 0.6 is 11.6 Å². The number of hydrazine groups is 1. The number of nitrogens with one attached hydrogen (secondary N) is 1. The number of hydrogen-bond acceptors (Lipinski definition) is 4. The Hall–Kier alpha value is -0.620. The first-order chi connectivity index (χ1) is 8.58. The summed E-state index contributed by atoms with van der Waals surface area (Å²) in [6.07, 6.45) is 1.66. The molecule has 1 aromatic rings. The van der Waals surface area contributed by atoms with Crippen LogP contribution in [0.5, 0.6) is 0 Å². The number of rotatable bonds is 7. The average Bonchev–Trinajstić information content (AvgIpc) is 2.66. The molecule has 0 saturated heterocycles. The predicted molar refractivity (Wildman–Crippen MR) is 73.6 cm³/mol. The maximum atomic E-state index is 6.29. The van der Waals surface area contributed by atoms with Gasteiger partial charge in [-0.25, -0.2) is 0 Å². The Morgan fingerprint density at radius 3 is 2.61 bits per heavy atom. The van der Waals surface area contributed by atoms with Crippen LogP contribution in [-0.2, 0) is 17.7 Å². The van der Waals surface area contributed by atoms with Crippen molar-refractivity contribution in [3.63, 3.8) is 0 Å². The Morgan fingerprint density at radius 2 is 2.17 bits per heavy atom. The molecular weight excluding hydrogens is 252 g/mol. The van der Waals surface area contributed by atoms with Gasteiger partial charge in [-0.15, -0.1) is 0 Å². The SMILES string of the molecule is CCC(OC)C(Cc1c(Cl)c(C)nn1CC)NN. The lowest BCUT2D eigenvalue weighted by Gasteiger charge is -2.24. The lowest BCUT2D eigenvalue weighted by atomic mass is 10.0. The van der Waals surface area contributed by atoms with Crippen molar-refractivity contribution in [3.8, 4) is 0 Å². The van der Waals surface area contributed by atoms with Crippen molar-refractivity contribution >= 4 is 11.6 Å². The normalized spacial score (nSPS) is 14.8. The van der Waals surface area contributed by atoms with Crippen LogP contribution in [-0.4, -0.2) is 29.0 Å². The number of ether oxygens (including phenoxy) is 1. The summed E-state index contributed by atoms with van der Waals surface area (Å²) in [5.74, 6) is 5.62. The quantitative estimate of drug-likeness (QED) is 0.586. The highest BCUT2D eigenvalue weighted by Crippen LogP contribution is 2.22. The third-order valence-corrected chi connectivity index (χ3v) is 3.73. The van der Waals surface area contributed by atoms with Gasteiger partial charge in [0.15, 0.2) is 0 Å². The zero-order chi connectivity index (χ0) is 13.7. The molecule has 0 aliphatic carbocycles. The van der Waals surface area contributed by atoms with E-state index in [1.54, 1.807) is 7.11 Å². The van der Waals surface area contributed by atoms with Crippen LogP contribution in [0.25, 0.3) is 0 Å². The highest BCUT2D eigenvalue weighted by molar-refractivity contribution is 6.31. The second kappa shape index (κ2) is 7.09. The number of nitrogens with zero attached hydrogens (tertiary/aromatic N) is 2. The third-order valence-electron chi connectivity index (χ3n) is 3.23. The van der Waals surface area contributed by atoms with Gasteiger partial charge in [-0.1, -0.05) is 18.5 Å². The smallest absolute Gasteiger partial charge is 0.0847 e. The first-order valence-corrected chi connectivity index (χ1v) is 6.67. The third kappa shape index (κ3) is 3.23. The van der Waals surface area contributed by atoms with Gasteiger partial charge in [-0.05, 0) is 20.3 Å². The summed E-state index contributed by atoms with van der Waals surface area (Å²) in [6, 6.07) is 0.0268. The lowest BCUT2D eigenvalue weighted by Crippen LogP contribution is -2.46. The van der Waals surface area contributed by atoms with Crippen molar-refractivity contribution in [1.29, 1.82) is 0 Å². The maximum absolute atomic E-state index is 6.29. The van der Waals surface area contributed by atoms with Crippen molar-refractivity contribution in [2.75, 3.05) is 7.11 Å². The minimum atomic E-state index is 0.0268. The van der Waals surface area contributed by atoms with Gasteiger partial charge in [0.25, 0.3) is 0 Å². The van der Waals surface area contributed by atoms with E-state index in [4.69, 9.17) is 22.2 Å². The minimum Gasteiger partial charge on any atom is -0.380 e. The van der Waals surface area contributed by atoms with Crippen LogP contribution < -0.4 is 11.3 Å². The summed E-state index contributed by atoms with van der Waals surface area (Å²) in [6.45, 7) is 6.83. The first-order valence-electron chi connectivity index (χ1n) is 6.29. The molecule has 1 heterocycles. The summed E-state index contributed by atoms with van der Waals surface area (Å²) in [7, 11) is 1.70. The van der Waals surface area contributed by atoms with Crippen molar-refractivity contribution < 1.29 is 4.74 Å². The minimum absolute atomic E-state index is 0.0268. The van der Waals surface area contributed by atoms with Gasteiger partial charge < -0.3 is 4.74 Å². The van der Waals surface area contributed by atoms with E-state index in [9.17, 15) is 0 Å². The summed E-state index contributed by atoms with van der Waals surface area (Å²) < 4.78 is 7.35. The molecule has 1 rings (SSSR count). The van der Waals surface area contributed by atoms with E-state index in [0.29, 0.717) is 6.42 Å². The molecule has 0 aliphatic heterocycles. The van der Waals surface area contributed by atoms with Crippen LogP contribution in [0.2, 0.25) is 5.02 Å². The van der Waals surface area contributed by atoms with Crippen molar-refractivity contribution in [1.82, 2.24) is 15.2 Å². The molecule has 18 heavy (non-hydrogen) atoms. The molecule has 0 fully saturated rings. The molecule has 5 nitrogen and oxygen atoms in total. The Balaban J connectivity index is 2.93. The van der Waals surface area contributed by atoms with Gasteiger partial charge in [0.2, 0.25) is 0 Å². The number of halogens is 1. The van der Waals surface area contributed by atoms with Gasteiger partial charge in [0.1, 0.15) is 0 Å².